The summed E-state index contributed by atoms with van der Waals surface area (Å²) < 4.78 is 46.5. The molecule has 2 aromatic rings. The first-order valence-electron chi connectivity index (χ1n) is 7.69. The van der Waals surface area contributed by atoms with Crippen LogP contribution in [0.1, 0.15) is 11.1 Å². The van der Waals surface area contributed by atoms with Gasteiger partial charge in [0.15, 0.2) is 0 Å². The second kappa shape index (κ2) is 8.42. The normalized spacial score (nSPS) is 11.4. The Balaban J connectivity index is 2.06. The van der Waals surface area contributed by atoms with E-state index in [1.165, 1.54) is 36.2 Å². The van der Waals surface area contributed by atoms with Gasteiger partial charge in [-0.2, -0.15) is 0 Å². The average molecular weight is 365 g/mol. The summed E-state index contributed by atoms with van der Waals surface area (Å²) in [7, 11) is 3.05. The van der Waals surface area contributed by atoms with Crippen LogP contribution >= 0.6 is 0 Å². The lowest BCUT2D eigenvalue weighted by Crippen LogP contribution is -2.25. The minimum atomic E-state index is -4.79. The zero-order valence-corrected chi connectivity index (χ0v) is 14.3. The van der Waals surface area contributed by atoms with Gasteiger partial charge in [-0.05, 0) is 29.8 Å². The zero-order valence-electron chi connectivity index (χ0n) is 14.3. The summed E-state index contributed by atoms with van der Waals surface area (Å²) in [6.45, 7) is -0.0203. The van der Waals surface area contributed by atoms with Crippen molar-refractivity contribution in [3.63, 3.8) is 0 Å². The summed E-state index contributed by atoms with van der Waals surface area (Å²) >= 11 is 0. The van der Waals surface area contributed by atoms with Gasteiger partial charge in [-0.3, -0.25) is 4.79 Å². The van der Waals surface area contributed by atoms with Gasteiger partial charge in [0.05, 0.1) is 7.11 Å². The van der Waals surface area contributed by atoms with Gasteiger partial charge in [0.25, 0.3) is 0 Å². The number of methoxy groups -OCH3 is 1. The maximum Gasteiger partial charge on any atom is 0.573 e. The number of nitrogens with zero attached hydrogens (tertiary/aromatic N) is 1. The van der Waals surface area contributed by atoms with Crippen LogP contribution in [0, 0.1) is 0 Å². The second-order valence-corrected chi connectivity index (χ2v) is 5.46. The van der Waals surface area contributed by atoms with E-state index < -0.39 is 6.36 Å². The molecule has 0 saturated carbocycles. The van der Waals surface area contributed by atoms with Gasteiger partial charge in [0.2, 0.25) is 5.91 Å². The maximum absolute atomic E-state index is 12.5. The van der Waals surface area contributed by atoms with E-state index in [1.54, 1.807) is 43.5 Å². The fourth-order valence-electron chi connectivity index (χ4n) is 2.23. The molecular weight excluding hydrogens is 347 g/mol. The molecule has 0 fully saturated rings. The Bertz CT molecular complexity index is 788. The highest BCUT2D eigenvalue weighted by Crippen LogP contribution is 2.27. The van der Waals surface area contributed by atoms with Crippen molar-refractivity contribution >= 4 is 12.0 Å². The first-order valence-corrected chi connectivity index (χ1v) is 7.69. The predicted octanol–water partition coefficient (Wildman–Crippen LogP) is 4.27. The molecule has 0 radical (unpaired) electrons. The van der Waals surface area contributed by atoms with Crippen molar-refractivity contribution in [3.05, 3.63) is 65.7 Å². The Hall–Kier alpha value is -2.96. The van der Waals surface area contributed by atoms with Crippen LogP contribution < -0.4 is 9.47 Å². The van der Waals surface area contributed by atoms with E-state index in [-0.39, 0.29) is 23.8 Å². The number of halogens is 3. The Morgan fingerprint density at radius 1 is 1.15 bits per heavy atom. The van der Waals surface area contributed by atoms with Crippen molar-refractivity contribution in [2.24, 2.45) is 0 Å². The average Bonchev–Trinajstić information content (AvgIpc) is 2.60. The third-order valence-electron chi connectivity index (χ3n) is 3.49. The van der Waals surface area contributed by atoms with Gasteiger partial charge < -0.3 is 14.4 Å². The van der Waals surface area contributed by atoms with Gasteiger partial charge in [-0.25, -0.2) is 0 Å². The number of benzene rings is 2. The van der Waals surface area contributed by atoms with E-state index in [2.05, 4.69) is 4.74 Å². The molecule has 0 bridgehead atoms. The van der Waals surface area contributed by atoms with E-state index in [9.17, 15) is 18.0 Å². The number of ether oxygens (including phenoxy) is 2. The van der Waals surface area contributed by atoms with E-state index in [0.29, 0.717) is 5.75 Å². The molecule has 2 aromatic carbocycles. The maximum atomic E-state index is 12.5. The number of hydrogen-bond acceptors (Lipinski definition) is 3. The van der Waals surface area contributed by atoms with Crippen molar-refractivity contribution in [2.75, 3.05) is 14.2 Å². The van der Waals surface area contributed by atoms with E-state index in [1.807, 2.05) is 0 Å². The predicted molar refractivity (Wildman–Crippen MR) is 91.6 cm³/mol. The van der Waals surface area contributed by atoms with Gasteiger partial charge in [-0.1, -0.05) is 30.3 Å². The molecule has 26 heavy (non-hydrogen) atoms. The third kappa shape index (κ3) is 5.84. The summed E-state index contributed by atoms with van der Waals surface area (Å²) in [4.78, 5) is 13.5. The fraction of sp³-hybridized carbons (Fsp3) is 0.211. The van der Waals surface area contributed by atoms with Gasteiger partial charge >= 0.3 is 6.36 Å². The van der Waals surface area contributed by atoms with Gasteiger partial charge in [0, 0.05) is 25.2 Å². The number of hydrogen-bond donors (Lipinski definition) is 0. The van der Waals surface area contributed by atoms with Crippen molar-refractivity contribution in [3.8, 4) is 11.5 Å². The highest BCUT2D eigenvalue weighted by molar-refractivity contribution is 5.91. The summed E-state index contributed by atoms with van der Waals surface area (Å²) in [5, 5.41) is 0. The molecule has 0 aromatic heterocycles. The number of rotatable bonds is 6. The number of carbonyl (C=O) groups excluding carboxylic acids is 1. The minimum Gasteiger partial charge on any atom is -0.497 e. The molecular formula is C19H18F3NO3. The zero-order chi connectivity index (χ0) is 19.2. The molecule has 0 unspecified atom stereocenters. The molecule has 0 heterocycles. The monoisotopic (exact) mass is 365 g/mol. The van der Waals surface area contributed by atoms with Crippen LogP contribution in [0.2, 0.25) is 0 Å². The molecule has 0 aliphatic rings. The fourth-order valence-corrected chi connectivity index (χ4v) is 2.23. The first-order chi connectivity index (χ1) is 12.3. The van der Waals surface area contributed by atoms with Gasteiger partial charge in [0.1, 0.15) is 11.5 Å². The summed E-state index contributed by atoms with van der Waals surface area (Å²) in [5.74, 6) is -0.0164. The summed E-state index contributed by atoms with van der Waals surface area (Å²) in [6, 6.07) is 12.9. The first kappa shape index (κ1) is 19.4. The Kier molecular flexibility index (Phi) is 6.27. The quantitative estimate of drug-likeness (QED) is 0.718. The van der Waals surface area contributed by atoms with Crippen molar-refractivity contribution in [2.45, 2.75) is 12.9 Å². The molecule has 4 nitrogen and oxygen atoms in total. The van der Waals surface area contributed by atoms with Crippen LogP contribution in [0.4, 0.5) is 13.2 Å². The lowest BCUT2D eigenvalue weighted by molar-refractivity contribution is -0.275. The largest absolute Gasteiger partial charge is 0.573 e. The SMILES string of the molecule is COc1cccc(/C=C/C(=O)N(C)Cc2ccccc2OC(F)(F)F)c1. The molecule has 0 aliphatic carbocycles. The van der Waals surface area contributed by atoms with Crippen LogP contribution in [-0.2, 0) is 11.3 Å². The molecule has 0 aliphatic heterocycles. The van der Waals surface area contributed by atoms with E-state index >= 15 is 0 Å². The Morgan fingerprint density at radius 3 is 2.58 bits per heavy atom. The Labute approximate surface area is 149 Å². The number of carbonyl (C=O) groups is 1. The Morgan fingerprint density at radius 2 is 1.88 bits per heavy atom. The molecule has 7 heteroatoms. The van der Waals surface area contributed by atoms with E-state index in [0.717, 1.165) is 5.56 Å². The number of likely N-dealkylation sites (N-methyl/N-ethyl adjacent to an activating group) is 1. The lowest BCUT2D eigenvalue weighted by atomic mass is 10.1. The second-order valence-electron chi connectivity index (χ2n) is 5.46. The smallest absolute Gasteiger partial charge is 0.497 e. The minimum absolute atomic E-state index is 0.0203. The summed E-state index contributed by atoms with van der Waals surface area (Å²) in [6.07, 6.45) is -1.83. The molecule has 2 rings (SSSR count). The number of para-hydroxylation sites is 1. The van der Waals surface area contributed by atoms with Crippen LogP contribution in [-0.4, -0.2) is 31.3 Å². The highest BCUT2D eigenvalue weighted by Gasteiger charge is 2.32. The van der Waals surface area contributed by atoms with Gasteiger partial charge in [-0.15, -0.1) is 13.2 Å². The molecule has 0 N–H and O–H groups in total. The molecule has 0 atom stereocenters. The van der Waals surface area contributed by atoms with Crippen molar-refractivity contribution < 1.29 is 27.4 Å². The van der Waals surface area contributed by atoms with Crippen molar-refractivity contribution in [1.29, 1.82) is 0 Å². The molecule has 0 spiro atoms. The third-order valence-corrected chi connectivity index (χ3v) is 3.49. The van der Waals surface area contributed by atoms with Crippen LogP contribution in [0.3, 0.4) is 0 Å². The number of alkyl halides is 3. The van der Waals surface area contributed by atoms with Crippen LogP contribution in [0.5, 0.6) is 11.5 Å². The molecule has 0 saturated heterocycles. The van der Waals surface area contributed by atoms with Crippen molar-refractivity contribution in [1.82, 2.24) is 4.90 Å². The number of amides is 1. The van der Waals surface area contributed by atoms with Crippen LogP contribution in [0.15, 0.2) is 54.6 Å². The summed E-state index contributed by atoms with van der Waals surface area (Å²) in [5.41, 5.74) is 1.03. The molecule has 1 amide bonds. The van der Waals surface area contributed by atoms with E-state index in [4.69, 9.17) is 4.74 Å². The highest BCUT2D eigenvalue weighted by atomic mass is 19.4. The van der Waals surface area contributed by atoms with Crippen LogP contribution in [0.25, 0.3) is 6.08 Å². The topological polar surface area (TPSA) is 38.8 Å². The lowest BCUT2D eigenvalue weighted by Gasteiger charge is -2.18. The molecule has 138 valence electrons. The standard InChI is InChI=1S/C19H18F3NO3/c1-23(13-15-7-3-4-9-17(15)26-19(20,21)22)18(24)11-10-14-6-5-8-16(12-14)25-2/h3-12H,13H2,1-2H3/b11-10+.